The van der Waals surface area contributed by atoms with Crippen molar-refractivity contribution in [1.29, 1.82) is 0 Å². The molecule has 0 fully saturated rings. The molecule has 1 aliphatic rings. The highest BCUT2D eigenvalue weighted by molar-refractivity contribution is 6.08. The highest BCUT2D eigenvalue weighted by Crippen LogP contribution is 2.29. The molecule has 0 saturated carbocycles. The van der Waals surface area contributed by atoms with Gasteiger partial charge in [-0.15, -0.1) is 5.10 Å². The third-order valence-corrected chi connectivity index (χ3v) is 5.58. The van der Waals surface area contributed by atoms with E-state index in [9.17, 15) is 9.59 Å². The molecule has 0 atom stereocenters. The van der Waals surface area contributed by atoms with Crippen molar-refractivity contribution in [3.8, 4) is 5.69 Å². The Hall–Kier alpha value is -4.33. The van der Waals surface area contributed by atoms with Gasteiger partial charge in [0.25, 0.3) is 11.8 Å². The summed E-state index contributed by atoms with van der Waals surface area (Å²) in [6.07, 6.45) is 2.37. The summed E-state index contributed by atoms with van der Waals surface area (Å²) in [5.41, 5.74) is 5.56. The molecule has 1 N–H and O–H groups in total. The zero-order valence-electron chi connectivity index (χ0n) is 17.4. The summed E-state index contributed by atoms with van der Waals surface area (Å²) >= 11 is 0. The van der Waals surface area contributed by atoms with Crippen LogP contribution in [-0.4, -0.2) is 38.6 Å². The lowest BCUT2D eigenvalue weighted by molar-refractivity contribution is 0.0988. The second-order valence-electron chi connectivity index (χ2n) is 7.62. The summed E-state index contributed by atoms with van der Waals surface area (Å²) in [4.78, 5) is 27.5. The van der Waals surface area contributed by atoms with Gasteiger partial charge >= 0.3 is 0 Å². The zero-order valence-corrected chi connectivity index (χ0v) is 17.4. The van der Waals surface area contributed by atoms with Crippen LogP contribution in [0.2, 0.25) is 0 Å². The van der Waals surface area contributed by atoms with Crippen molar-refractivity contribution < 1.29 is 9.59 Å². The van der Waals surface area contributed by atoms with Crippen LogP contribution in [0.4, 0.5) is 11.4 Å². The Kier molecular flexibility index (Phi) is 4.95. The smallest absolute Gasteiger partial charge is 0.258 e. The van der Waals surface area contributed by atoms with Crippen molar-refractivity contribution in [2.45, 2.75) is 13.3 Å². The number of carbonyl (C=O) groups is 2. The summed E-state index contributed by atoms with van der Waals surface area (Å²) in [6, 6.07) is 20.2. The average molecular weight is 424 g/mol. The maximum Gasteiger partial charge on any atom is 0.258 e. The third kappa shape index (κ3) is 3.62. The summed E-state index contributed by atoms with van der Waals surface area (Å²) in [7, 11) is 0. The van der Waals surface area contributed by atoms with Crippen molar-refractivity contribution in [2.75, 3.05) is 16.8 Å². The number of nitrogens with zero attached hydrogens (tertiary/aromatic N) is 5. The molecule has 2 heterocycles. The predicted molar refractivity (Wildman–Crippen MR) is 120 cm³/mol. The number of rotatable bonds is 4. The number of para-hydroxylation sites is 1. The van der Waals surface area contributed by atoms with Gasteiger partial charge in [-0.1, -0.05) is 18.2 Å². The van der Waals surface area contributed by atoms with Crippen LogP contribution >= 0.6 is 0 Å². The minimum Gasteiger partial charge on any atom is -0.322 e. The van der Waals surface area contributed by atoms with Gasteiger partial charge in [0.2, 0.25) is 0 Å². The number of nitrogens with one attached hydrogen (secondary N) is 1. The monoisotopic (exact) mass is 424 g/mol. The molecule has 158 valence electrons. The van der Waals surface area contributed by atoms with Crippen LogP contribution in [0.5, 0.6) is 0 Å². The third-order valence-electron chi connectivity index (χ3n) is 5.58. The molecule has 3 aromatic carbocycles. The van der Waals surface area contributed by atoms with Crippen molar-refractivity contribution in [2.24, 2.45) is 0 Å². The summed E-state index contributed by atoms with van der Waals surface area (Å²) in [5.74, 6) is -0.273. The Morgan fingerprint density at radius 3 is 2.47 bits per heavy atom. The van der Waals surface area contributed by atoms with Gasteiger partial charge in [-0.3, -0.25) is 9.59 Å². The number of carbonyl (C=O) groups excluding carboxylic acids is 2. The van der Waals surface area contributed by atoms with E-state index in [2.05, 4.69) is 26.9 Å². The minimum absolute atomic E-state index is 0.0401. The van der Waals surface area contributed by atoms with E-state index in [4.69, 9.17) is 0 Å². The first kappa shape index (κ1) is 19.6. The number of anilines is 2. The SMILES string of the molecule is Cc1cc(C(=O)Nc2ccc(C(=O)N3CCc4ccccc43)cc2)ccc1-n1cnnn1. The Labute approximate surface area is 184 Å². The topological polar surface area (TPSA) is 93.0 Å². The van der Waals surface area contributed by atoms with Gasteiger partial charge in [-0.2, -0.15) is 0 Å². The second kappa shape index (κ2) is 8.07. The van der Waals surface area contributed by atoms with Crippen LogP contribution < -0.4 is 10.2 Å². The van der Waals surface area contributed by atoms with Crippen LogP contribution in [0.3, 0.4) is 0 Å². The van der Waals surface area contributed by atoms with Crippen LogP contribution in [0, 0.1) is 6.92 Å². The number of amides is 2. The van der Waals surface area contributed by atoms with Crippen LogP contribution in [0.25, 0.3) is 5.69 Å². The fourth-order valence-electron chi connectivity index (χ4n) is 3.93. The largest absolute Gasteiger partial charge is 0.322 e. The number of aromatic nitrogens is 4. The lowest BCUT2D eigenvalue weighted by atomic mass is 10.1. The second-order valence-corrected chi connectivity index (χ2v) is 7.62. The minimum atomic E-state index is -0.232. The Balaban J connectivity index is 1.28. The molecule has 0 radical (unpaired) electrons. The zero-order chi connectivity index (χ0) is 22.1. The lowest BCUT2D eigenvalue weighted by Crippen LogP contribution is -2.28. The van der Waals surface area contributed by atoms with E-state index in [1.54, 1.807) is 52.0 Å². The first-order valence-electron chi connectivity index (χ1n) is 10.3. The molecule has 0 bridgehead atoms. The van der Waals surface area contributed by atoms with Gasteiger partial charge in [-0.25, -0.2) is 4.68 Å². The van der Waals surface area contributed by atoms with Gasteiger partial charge in [0, 0.05) is 29.0 Å². The molecule has 4 aromatic rings. The number of tetrazole rings is 1. The predicted octanol–water partition coefficient (Wildman–Crippen LogP) is 3.43. The molecule has 8 heteroatoms. The molecular weight excluding hydrogens is 404 g/mol. The molecule has 1 aromatic heterocycles. The fraction of sp³-hybridized carbons (Fsp3) is 0.125. The van der Waals surface area contributed by atoms with Crippen LogP contribution in [-0.2, 0) is 6.42 Å². The molecule has 0 aliphatic carbocycles. The van der Waals surface area contributed by atoms with Crippen LogP contribution in [0.1, 0.15) is 31.8 Å². The fourth-order valence-corrected chi connectivity index (χ4v) is 3.93. The van der Waals surface area contributed by atoms with E-state index < -0.39 is 0 Å². The molecule has 0 spiro atoms. The first-order valence-corrected chi connectivity index (χ1v) is 10.3. The number of fused-ring (bicyclic) bond motifs is 1. The Morgan fingerprint density at radius 1 is 0.938 bits per heavy atom. The van der Waals surface area contributed by atoms with E-state index >= 15 is 0 Å². The summed E-state index contributed by atoms with van der Waals surface area (Å²) < 4.78 is 1.55. The normalized spacial score (nSPS) is 12.5. The molecular formula is C24H20N6O2. The molecule has 0 saturated heterocycles. The standard InChI is InChI=1S/C24H20N6O2/c1-16-14-19(8-11-21(16)30-15-25-27-28-30)23(31)26-20-9-6-18(7-10-20)24(32)29-13-12-17-4-2-3-5-22(17)29/h2-11,14-15H,12-13H2,1H3,(H,26,31). The quantitative estimate of drug-likeness (QED) is 0.542. The number of hydrogen-bond acceptors (Lipinski definition) is 5. The maximum absolute atomic E-state index is 13.0. The van der Waals surface area contributed by atoms with E-state index in [1.165, 1.54) is 11.9 Å². The average Bonchev–Trinajstić information content (AvgIpc) is 3.49. The van der Waals surface area contributed by atoms with Crippen molar-refractivity contribution in [3.05, 3.63) is 95.3 Å². The number of aryl methyl sites for hydroxylation is 1. The molecule has 5 rings (SSSR count). The summed E-state index contributed by atoms with van der Waals surface area (Å²) in [5, 5.41) is 14.0. The molecule has 1 aliphatic heterocycles. The van der Waals surface area contributed by atoms with Crippen molar-refractivity contribution >= 4 is 23.2 Å². The van der Waals surface area contributed by atoms with Crippen molar-refractivity contribution in [3.63, 3.8) is 0 Å². The van der Waals surface area contributed by atoms with E-state index in [0.29, 0.717) is 23.4 Å². The number of hydrogen-bond donors (Lipinski definition) is 1. The highest BCUT2D eigenvalue weighted by Gasteiger charge is 2.25. The molecule has 8 nitrogen and oxygen atoms in total. The van der Waals surface area contributed by atoms with E-state index in [-0.39, 0.29) is 11.8 Å². The molecule has 0 unspecified atom stereocenters. The van der Waals surface area contributed by atoms with Crippen molar-refractivity contribution in [1.82, 2.24) is 20.2 Å². The highest BCUT2D eigenvalue weighted by atomic mass is 16.2. The van der Waals surface area contributed by atoms with Crippen LogP contribution in [0.15, 0.2) is 73.1 Å². The lowest BCUT2D eigenvalue weighted by Gasteiger charge is -2.17. The van der Waals surface area contributed by atoms with Gasteiger partial charge in [0.1, 0.15) is 6.33 Å². The van der Waals surface area contributed by atoms with Gasteiger partial charge in [-0.05, 0) is 83.4 Å². The van der Waals surface area contributed by atoms with E-state index in [1.807, 2.05) is 25.1 Å². The van der Waals surface area contributed by atoms with Gasteiger partial charge < -0.3 is 10.2 Å². The Morgan fingerprint density at radius 2 is 1.72 bits per heavy atom. The van der Waals surface area contributed by atoms with Gasteiger partial charge in [0.15, 0.2) is 0 Å². The first-order chi connectivity index (χ1) is 15.6. The summed E-state index contributed by atoms with van der Waals surface area (Å²) in [6.45, 7) is 2.57. The van der Waals surface area contributed by atoms with E-state index in [0.717, 1.165) is 23.4 Å². The number of benzene rings is 3. The molecule has 2 amide bonds. The maximum atomic E-state index is 13.0. The Bertz CT molecular complexity index is 1300. The molecule has 32 heavy (non-hydrogen) atoms. The van der Waals surface area contributed by atoms with Gasteiger partial charge in [0.05, 0.1) is 5.69 Å².